The van der Waals surface area contributed by atoms with Gasteiger partial charge in [-0.3, -0.25) is 9.59 Å². The number of ether oxygens (including phenoxy) is 2. The van der Waals surface area contributed by atoms with E-state index in [2.05, 4.69) is 5.32 Å². The number of benzene rings is 3. The highest BCUT2D eigenvalue weighted by molar-refractivity contribution is 5.99. The lowest BCUT2D eigenvalue weighted by atomic mass is 10.0. The predicted octanol–water partition coefficient (Wildman–Crippen LogP) is 5.05. The van der Waals surface area contributed by atoms with Gasteiger partial charge in [0.1, 0.15) is 0 Å². The first-order chi connectivity index (χ1) is 15.9. The SMILES string of the molecule is COc1ccc([C@@H](CC(=O)Nc2cc(C)ccc2C)N2Cc3ccccc3C2=O)cc1OC. The van der Waals surface area contributed by atoms with Crippen LogP contribution in [0.3, 0.4) is 0 Å². The van der Waals surface area contributed by atoms with E-state index in [9.17, 15) is 9.59 Å². The highest BCUT2D eigenvalue weighted by atomic mass is 16.5. The van der Waals surface area contributed by atoms with Gasteiger partial charge in [0, 0.05) is 17.8 Å². The van der Waals surface area contributed by atoms with Gasteiger partial charge in [0.2, 0.25) is 5.91 Å². The van der Waals surface area contributed by atoms with Crippen molar-refractivity contribution in [2.75, 3.05) is 19.5 Å². The topological polar surface area (TPSA) is 67.9 Å². The van der Waals surface area contributed by atoms with Gasteiger partial charge >= 0.3 is 0 Å². The number of anilines is 1. The summed E-state index contributed by atoms with van der Waals surface area (Å²) in [7, 11) is 3.15. The first kappa shape index (κ1) is 22.4. The van der Waals surface area contributed by atoms with Crippen LogP contribution in [0.2, 0.25) is 0 Å². The summed E-state index contributed by atoms with van der Waals surface area (Å²) in [5.41, 5.74) is 5.28. The number of carbonyl (C=O) groups is 2. The molecule has 1 N–H and O–H groups in total. The molecule has 1 atom stereocenters. The molecule has 1 aliphatic rings. The lowest BCUT2D eigenvalue weighted by molar-refractivity contribution is -0.117. The Balaban J connectivity index is 1.67. The molecule has 2 amide bonds. The van der Waals surface area contributed by atoms with Crippen molar-refractivity contribution >= 4 is 17.5 Å². The Morgan fingerprint density at radius 1 is 1.00 bits per heavy atom. The number of hydrogen-bond donors (Lipinski definition) is 1. The van der Waals surface area contributed by atoms with E-state index in [1.54, 1.807) is 25.2 Å². The Hall–Kier alpha value is -3.80. The van der Waals surface area contributed by atoms with Crippen LogP contribution in [0.1, 0.15) is 45.1 Å². The van der Waals surface area contributed by atoms with Crippen molar-refractivity contribution in [2.24, 2.45) is 0 Å². The van der Waals surface area contributed by atoms with E-state index in [1.807, 2.05) is 68.4 Å². The van der Waals surface area contributed by atoms with Gasteiger partial charge < -0.3 is 19.7 Å². The fourth-order valence-electron chi connectivity index (χ4n) is 4.24. The molecule has 1 heterocycles. The van der Waals surface area contributed by atoms with E-state index in [1.165, 1.54) is 0 Å². The minimum absolute atomic E-state index is 0.0788. The second-order valence-electron chi connectivity index (χ2n) is 8.29. The minimum Gasteiger partial charge on any atom is -0.493 e. The van der Waals surface area contributed by atoms with Gasteiger partial charge in [0.05, 0.1) is 26.7 Å². The Labute approximate surface area is 194 Å². The summed E-state index contributed by atoms with van der Waals surface area (Å²) in [5, 5.41) is 3.03. The Morgan fingerprint density at radius 3 is 2.48 bits per heavy atom. The summed E-state index contributed by atoms with van der Waals surface area (Å²) < 4.78 is 10.8. The van der Waals surface area contributed by atoms with Crippen LogP contribution in [-0.4, -0.2) is 30.9 Å². The van der Waals surface area contributed by atoms with Crippen molar-refractivity contribution in [1.82, 2.24) is 4.90 Å². The van der Waals surface area contributed by atoms with Crippen molar-refractivity contribution < 1.29 is 19.1 Å². The van der Waals surface area contributed by atoms with E-state index in [4.69, 9.17) is 9.47 Å². The van der Waals surface area contributed by atoms with Gasteiger partial charge in [-0.15, -0.1) is 0 Å². The van der Waals surface area contributed by atoms with Gasteiger partial charge in [-0.05, 0) is 60.4 Å². The van der Waals surface area contributed by atoms with Gasteiger partial charge in [-0.2, -0.15) is 0 Å². The third-order valence-electron chi connectivity index (χ3n) is 6.06. The second-order valence-corrected chi connectivity index (χ2v) is 8.29. The summed E-state index contributed by atoms with van der Waals surface area (Å²) in [6.45, 7) is 4.40. The predicted molar refractivity (Wildman–Crippen MR) is 128 cm³/mol. The number of amides is 2. The molecule has 4 rings (SSSR count). The third-order valence-corrected chi connectivity index (χ3v) is 6.06. The summed E-state index contributed by atoms with van der Waals surface area (Å²) >= 11 is 0. The number of aryl methyl sites for hydroxylation is 2. The lowest BCUT2D eigenvalue weighted by Gasteiger charge is -2.28. The van der Waals surface area contributed by atoms with Crippen molar-refractivity contribution in [3.63, 3.8) is 0 Å². The average Bonchev–Trinajstić information content (AvgIpc) is 3.15. The van der Waals surface area contributed by atoms with Gasteiger partial charge in [-0.1, -0.05) is 36.4 Å². The van der Waals surface area contributed by atoms with E-state index in [0.29, 0.717) is 23.6 Å². The quantitative estimate of drug-likeness (QED) is 0.554. The normalized spacial score (nSPS) is 13.5. The standard InChI is InChI=1S/C27H28N2O4/c1-17-9-10-18(2)22(13-17)28-26(30)15-23(19-11-12-24(32-3)25(14-19)33-4)29-16-20-7-5-6-8-21(20)27(29)31/h5-14,23H,15-16H2,1-4H3,(H,28,30)/t23-/m1/s1. The van der Waals surface area contributed by atoms with Crippen LogP contribution in [-0.2, 0) is 11.3 Å². The van der Waals surface area contributed by atoms with Gasteiger partial charge in [0.15, 0.2) is 11.5 Å². The molecule has 0 saturated carbocycles. The highest BCUT2D eigenvalue weighted by Gasteiger charge is 2.35. The van der Waals surface area contributed by atoms with E-state index >= 15 is 0 Å². The summed E-state index contributed by atoms with van der Waals surface area (Å²) in [4.78, 5) is 28.2. The monoisotopic (exact) mass is 444 g/mol. The van der Waals surface area contributed by atoms with Crippen LogP contribution < -0.4 is 14.8 Å². The summed E-state index contributed by atoms with van der Waals surface area (Å²) in [6.07, 6.45) is 0.114. The van der Waals surface area contributed by atoms with E-state index in [-0.39, 0.29) is 18.2 Å². The molecule has 6 nitrogen and oxygen atoms in total. The molecular formula is C27H28N2O4. The van der Waals surface area contributed by atoms with Gasteiger partial charge in [0.25, 0.3) is 5.91 Å². The minimum atomic E-state index is -0.463. The largest absolute Gasteiger partial charge is 0.493 e. The molecule has 6 heteroatoms. The molecule has 33 heavy (non-hydrogen) atoms. The van der Waals surface area contributed by atoms with E-state index < -0.39 is 6.04 Å². The van der Waals surface area contributed by atoms with Crippen molar-refractivity contribution in [3.8, 4) is 11.5 Å². The fraction of sp³-hybridized carbons (Fsp3) is 0.259. The van der Waals surface area contributed by atoms with Crippen molar-refractivity contribution in [2.45, 2.75) is 32.9 Å². The first-order valence-corrected chi connectivity index (χ1v) is 10.9. The van der Waals surface area contributed by atoms with Crippen LogP contribution in [0.15, 0.2) is 60.7 Å². The molecule has 0 spiro atoms. The second kappa shape index (κ2) is 9.36. The molecule has 0 fully saturated rings. The van der Waals surface area contributed by atoms with Crippen molar-refractivity contribution in [1.29, 1.82) is 0 Å². The van der Waals surface area contributed by atoms with Gasteiger partial charge in [-0.25, -0.2) is 0 Å². The number of hydrogen-bond acceptors (Lipinski definition) is 4. The number of carbonyl (C=O) groups excluding carboxylic acids is 2. The van der Waals surface area contributed by atoms with Crippen LogP contribution in [0.4, 0.5) is 5.69 Å². The number of fused-ring (bicyclic) bond motifs is 1. The zero-order valence-electron chi connectivity index (χ0n) is 19.3. The van der Waals surface area contributed by atoms with Crippen LogP contribution >= 0.6 is 0 Å². The van der Waals surface area contributed by atoms with Crippen LogP contribution in [0.25, 0.3) is 0 Å². The highest BCUT2D eigenvalue weighted by Crippen LogP contribution is 2.37. The molecule has 0 aromatic heterocycles. The molecule has 0 radical (unpaired) electrons. The molecule has 0 aliphatic carbocycles. The molecule has 0 bridgehead atoms. The summed E-state index contributed by atoms with van der Waals surface area (Å²) in [5.74, 6) is 0.909. The van der Waals surface area contributed by atoms with Crippen LogP contribution in [0.5, 0.6) is 11.5 Å². The van der Waals surface area contributed by atoms with E-state index in [0.717, 1.165) is 27.9 Å². The maximum Gasteiger partial charge on any atom is 0.255 e. The number of nitrogens with one attached hydrogen (secondary N) is 1. The average molecular weight is 445 g/mol. The molecule has 1 aliphatic heterocycles. The number of nitrogens with zero attached hydrogens (tertiary/aromatic N) is 1. The molecule has 170 valence electrons. The van der Waals surface area contributed by atoms with Crippen molar-refractivity contribution in [3.05, 3.63) is 88.5 Å². The lowest BCUT2D eigenvalue weighted by Crippen LogP contribution is -2.32. The maximum absolute atomic E-state index is 13.3. The smallest absolute Gasteiger partial charge is 0.255 e. The summed E-state index contributed by atoms with van der Waals surface area (Å²) in [6, 6.07) is 18.6. The Bertz CT molecular complexity index is 1200. The van der Waals surface area contributed by atoms with Crippen LogP contribution in [0, 0.1) is 13.8 Å². The molecule has 3 aromatic carbocycles. The maximum atomic E-state index is 13.3. The zero-order chi connectivity index (χ0) is 23.5. The molecule has 3 aromatic rings. The third kappa shape index (κ3) is 4.55. The fourth-order valence-corrected chi connectivity index (χ4v) is 4.24. The number of methoxy groups -OCH3 is 2. The number of rotatable bonds is 7. The Kier molecular flexibility index (Phi) is 6.36. The molecular weight excluding hydrogens is 416 g/mol. The Morgan fingerprint density at radius 2 is 1.76 bits per heavy atom. The molecule has 0 saturated heterocycles. The first-order valence-electron chi connectivity index (χ1n) is 10.9. The molecule has 0 unspecified atom stereocenters. The zero-order valence-corrected chi connectivity index (χ0v) is 19.3.